The van der Waals surface area contributed by atoms with Gasteiger partial charge in [-0.1, -0.05) is 24.3 Å². The molecule has 1 aliphatic carbocycles. The van der Waals surface area contributed by atoms with Crippen LogP contribution < -0.4 is 0 Å². The van der Waals surface area contributed by atoms with Gasteiger partial charge in [0.2, 0.25) is 5.82 Å². The summed E-state index contributed by atoms with van der Waals surface area (Å²) in [5.74, 6) is -0.00254. The summed E-state index contributed by atoms with van der Waals surface area (Å²) in [6, 6.07) is 8.60. The third-order valence-electron chi connectivity index (χ3n) is 3.71. The molecule has 0 saturated heterocycles. The maximum absolute atomic E-state index is 11.7. The molecule has 2 aromatic rings. The lowest BCUT2D eigenvalue weighted by atomic mass is 9.87. The van der Waals surface area contributed by atoms with E-state index < -0.39 is 0 Å². The summed E-state index contributed by atoms with van der Waals surface area (Å²) in [4.78, 5) is 15.9. The fourth-order valence-corrected chi connectivity index (χ4v) is 2.83. The van der Waals surface area contributed by atoms with Crippen LogP contribution in [0.5, 0.6) is 0 Å². The maximum Gasteiger partial charge on any atom is 0.374 e. The van der Waals surface area contributed by atoms with E-state index >= 15 is 0 Å². The number of aromatic nitrogens is 2. The predicted octanol–water partition coefficient (Wildman–Crippen LogP) is 2.60. The standard InChI is InChI=1S/C15H16N2O2/c1-19-15(18)14-16-9-10-17(14)13-8-4-6-11-5-2-3-7-12(11)13/h2-3,5,7,9-10,13H,4,6,8H2,1H3. The predicted molar refractivity (Wildman–Crippen MR) is 71.1 cm³/mol. The van der Waals surface area contributed by atoms with Crippen molar-refractivity contribution in [1.29, 1.82) is 0 Å². The number of benzene rings is 1. The number of nitrogens with zero attached hydrogens (tertiary/aromatic N) is 2. The minimum absolute atomic E-state index is 0.182. The Morgan fingerprint density at radius 1 is 1.42 bits per heavy atom. The Hall–Kier alpha value is -2.10. The second-order valence-electron chi connectivity index (χ2n) is 4.76. The van der Waals surface area contributed by atoms with Gasteiger partial charge >= 0.3 is 5.97 Å². The summed E-state index contributed by atoms with van der Waals surface area (Å²) in [6.45, 7) is 0. The fourth-order valence-electron chi connectivity index (χ4n) is 2.83. The van der Waals surface area contributed by atoms with Crippen LogP contribution in [0.1, 0.15) is 40.6 Å². The molecule has 4 heteroatoms. The number of carbonyl (C=O) groups excluding carboxylic acids is 1. The Kier molecular flexibility index (Phi) is 3.07. The zero-order valence-electron chi connectivity index (χ0n) is 10.9. The molecule has 1 heterocycles. The molecule has 1 aliphatic rings. The van der Waals surface area contributed by atoms with Crippen molar-refractivity contribution in [3.05, 3.63) is 53.6 Å². The van der Waals surface area contributed by atoms with E-state index in [1.807, 2.05) is 16.8 Å². The van der Waals surface area contributed by atoms with Crippen LogP contribution >= 0.6 is 0 Å². The Bertz CT molecular complexity index is 604. The van der Waals surface area contributed by atoms with Crippen LogP contribution in [0.25, 0.3) is 0 Å². The molecule has 0 spiro atoms. The van der Waals surface area contributed by atoms with Crippen molar-refractivity contribution in [3.8, 4) is 0 Å². The molecule has 4 nitrogen and oxygen atoms in total. The molecule has 0 amide bonds. The number of esters is 1. The van der Waals surface area contributed by atoms with Gasteiger partial charge in [0, 0.05) is 12.4 Å². The average Bonchev–Trinajstić information content (AvgIpc) is 2.95. The summed E-state index contributed by atoms with van der Waals surface area (Å²) in [6.07, 6.45) is 6.77. The first kappa shape index (κ1) is 12.0. The SMILES string of the molecule is COC(=O)c1nccn1C1CCCc2ccccc21. The second kappa shape index (κ2) is 4.88. The van der Waals surface area contributed by atoms with Crippen LogP contribution in [0, 0.1) is 0 Å². The summed E-state index contributed by atoms with van der Waals surface area (Å²) in [7, 11) is 1.39. The normalized spacial score (nSPS) is 17.8. The van der Waals surface area contributed by atoms with E-state index in [-0.39, 0.29) is 12.0 Å². The first-order chi connectivity index (χ1) is 9.31. The summed E-state index contributed by atoms with van der Waals surface area (Å²) >= 11 is 0. The highest BCUT2D eigenvalue weighted by Crippen LogP contribution is 2.33. The van der Waals surface area contributed by atoms with Gasteiger partial charge in [0.1, 0.15) is 0 Å². The Balaban J connectivity index is 2.05. The Morgan fingerprint density at radius 3 is 3.11 bits per heavy atom. The number of fused-ring (bicyclic) bond motifs is 1. The highest BCUT2D eigenvalue weighted by atomic mass is 16.5. The maximum atomic E-state index is 11.7. The van der Waals surface area contributed by atoms with Gasteiger partial charge in [-0.3, -0.25) is 0 Å². The van der Waals surface area contributed by atoms with Crippen molar-refractivity contribution in [1.82, 2.24) is 9.55 Å². The lowest BCUT2D eigenvalue weighted by Gasteiger charge is -2.27. The van der Waals surface area contributed by atoms with Crippen molar-refractivity contribution in [3.63, 3.8) is 0 Å². The molecule has 0 fully saturated rings. The molecule has 0 bridgehead atoms. The van der Waals surface area contributed by atoms with Crippen LogP contribution in [-0.2, 0) is 11.2 Å². The Labute approximate surface area is 112 Å². The highest BCUT2D eigenvalue weighted by molar-refractivity contribution is 5.85. The second-order valence-corrected chi connectivity index (χ2v) is 4.76. The molecule has 0 N–H and O–H groups in total. The summed E-state index contributed by atoms with van der Waals surface area (Å²) in [5.41, 5.74) is 2.65. The molecule has 3 rings (SSSR count). The first-order valence-electron chi connectivity index (χ1n) is 6.50. The van der Waals surface area contributed by atoms with Crippen molar-refractivity contribution >= 4 is 5.97 Å². The monoisotopic (exact) mass is 256 g/mol. The van der Waals surface area contributed by atoms with Gasteiger partial charge in [-0.15, -0.1) is 0 Å². The van der Waals surface area contributed by atoms with Crippen molar-refractivity contribution < 1.29 is 9.53 Å². The molecular formula is C15H16N2O2. The van der Waals surface area contributed by atoms with E-state index in [4.69, 9.17) is 4.74 Å². The van der Waals surface area contributed by atoms with Crippen LogP contribution in [0.2, 0.25) is 0 Å². The zero-order valence-corrected chi connectivity index (χ0v) is 10.9. The zero-order chi connectivity index (χ0) is 13.2. The van der Waals surface area contributed by atoms with Crippen LogP contribution in [0.3, 0.4) is 0 Å². The number of methoxy groups -OCH3 is 1. The van der Waals surface area contributed by atoms with Crippen molar-refractivity contribution in [2.45, 2.75) is 25.3 Å². The molecular weight excluding hydrogens is 240 g/mol. The largest absolute Gasteiger partial charge is 0.463 e. The number of imidazole rings is 1. The highest BCUT2D eigenvalue weighted by Gasteiger charge is 2.25. The van der Waals surface area contributed by atoms with Gasteiger partial charge in [-0.2, -0.15) is 0 Å². The molecule has 1 unspecified atom stereocenters. The van der Waals surface area contributed by atoms with Gasteiger partial charge < -0.3 is 9.30 Å². The molecule has 0 saturated carbocycles. The number of aryl methyl sites for hydroxylation is 1. The Morgan fingerprint density at radius 2 is 2.26 bits per heavy atom. The van der Waals surface area contributed by atoms with E-state index in [1.54, 1.807) is 6.20 Å². The third-order valence-corrected chi connectivity index (χ3v) is 3.71. The van der Waals surface area contributed by atoms with Gasteiger partial charge in [0.15, 0.2) is 0 Å². The minimum Gasteiger partial charge on any atom is -0.463 e. The van der Waals surface area contributed by atoms with E-state index in [9.17, 15) is 4.79 Å². The summed E-state index contributed by atoms with van der Waals surface area (Å²) in [5, 5.41) is 0. The minimum atomic E-state index is -0.381. The van der Waals surface area contributed by atoms with Gasteiger partial charge in [-0.25, -0.2) is 9.78 Å². The number of carbonyl (C=O) groups is 1. The molecule has 0 radical (unpaired) electrons. The third kappa shape index (κ3) is 2.03. The number of ether oxygens (including phenoxy) is 1. The van der Waals surface area contributed by atoms with Gasteiger partial charge in [0.05, 0.1) is 13.2 Å². The molecule has 1 aromatic heterocycles. The number of hydrogen-bond donors (Lipinski definition) is 0. The first-order valence-corrected chi connectivity index (χ1v) is 6.50. The molecule has 1 atom stereocenters. The number of rotatable bonds is 2. The van der Waals surface area contributed by atoms with E-state index in [1.165, 1.54) is 18.2 Å². The van der Waals surface area contributed by atoms with E-state index in [2.05, 4.69) is 23.2 Å². The van der Waals surface area contributed by atoms with Gasteiger partial charge in [0.25, 0.3) is 0 Å². The lowest BCUT2D eigenvalue weighted by Crippen LogP contribution is -2.21. The van der Waals surface area contributed by atoms with Crippen LogP contribution in [0.15, 0.2) is 36.7 Å². The summed E-state index contributed by atoms with van der Waals surface area (Å²) < 4.78 is 6.73. The number of hydrogen-bond acceptors (Lipinski definition) is 3. The fraction of sp³-hybridized carbons (Fsp3) is 0.333. The van der Waals surface area contributed by atoms with E-state index in [0.29, 0.717) is 5.82 Å². The topological polar surface area (TPSA) is 44.1 Å². The molecule has 1 aromatic carbocycles. The van der Waals surface area contributed by atoms with Gasteiger partial charge in [-0.05, 0) is 30.4 Å². The molecule has 98 valence electrons. The van der Waals surface area contributed by atoms with Crippen LogP contribution in [0.4, 0.5) is 0 Å². The van der Waals surface area contributed by atoms with Crippen LogP contribution in [-0.4, -0.2) is 22.6 Å². The molecule has 19 heavy (non-hydrogen) atoms. The van der Waals surface area contributed by atoms with Crippen molar-refractivity contribution in [2.75, 3.05) is 7.11 Å². The lowest BCUT2D eigenvalue weighted by molar-refractivity contribution is 0.0579. The molecule has 0 aliphatic heterocycles. The average molecular weight is 256 g/mol. The van der Waals surface area contributed by atoms with Crippen molar-refractivity contribution in [2.24, 2.45) is 0 Å². The smallest absolute Gasteiger partial charge is 0.374 e. The quantitative estimate of drug-likeness (QED) is 0.776. The van der Waals surface area contributed by atoms with E-state index in [0.717, 1.165) is 19.3 Å².